The van der Waals surface area contributed by atoms with Crippen LogP contribution in [0.25, 0.3) is 0 Å². The van der Waals surface area contributed by atoms with Gasteiger partial charge in [-0.05, 0) is 86.4 Å². The molecular weight excluding hydrogens is 340 g/mol. The Morgan fingerprint density at radius 2 is 1.54 bits per heavy atom. The molecule has 0 radical (unpaired) electrons. The Labute approximate surface area is 177 Å². The van der Waals surface area contributed by atoms with E-state index in [1.54, 1.807) is 0 Å². The summed E-state index contributed by atoms with van der Waals surface area (Å²) in [7, 11) is 0. The summed E-state index contributed by atoms with van der Waals surface area (Å²) in [6.45, 7) is 14.3. The minimum absolute atomic E-state index is 0.149. The Bertz CT molecular complexity index is 410. The second-order valence-corrected chi connectivity index (χ2v) is 11.5. The first-order chi connectivity index (χ1) is 13.3. The van der Waals surface area contributed by atoms with Crippen LogP contribution in [0.5, 0.6) is 0 Å². The molecule has 2 saturated carbocycles. The maximum atomic E-state index is 9.88. The van der Waals surface area contributed by atoms with Crippen molar-refractivity contribution >= 4 is 0 Å². The van der Waals surface area contributed by atoms with Crippen LogP contribution in [0.1, 0.15) is 119 Å². The monoisotopic (exact) mass is 392 g/mol. The fourth-order valence-electron chi connectivity index (χ4n) is 7.31. The summed E-state index contributed by atoms with van der Waals surface area (Å²) in [5.74, 6) is 7.05. The zero-order valence-electron chi connectivity index (χ0n) is 20.1. The smallest absolute Gasteiger partial charge is 0.0514 e. The van der Waals surface area contributed by atoms with E-state index in [4.69, 9.17) is 0 Å². The molecule has 1 nitrogen and oxygen atoms in total. The Morgan fingerprint density at radius 1 is 0.857 bits per heavy atom. The summed E-state index contributed by atoms with van der Waals surface area (Å²) >= 11 is 0. The standard InChI is InChI=1S/C27H52O/c1-7-11-19(2)14-21(4)27-18-25(24-12-9-8-10-13-24)17-22(5)26(27)16-20(3)15-23(6)28/h19-28H,7-18H2,1-6H3/t19-,20+,21?,22-,23?,25?,26-,27?/m1/s1. The van der Waals surface area contributed by atoms with E-state index in [-0.39, 0.29) is 6.10 Å². The van der Waals surface area contributed by atoms with E-state index in [9.17, 15) is 5.11 Å². The average Bonchev–Trinajstić information content (AvgIpc) is 2.63. The van der Waals surface area contributed by atoms with Crippen LogP contribution in [0, 0.1) is 47.3 Å². The molecule has 0 bridgehead atoms. The van der Waals surface area contributed by atoms with Crippen LogP contribution in [0.2, 0.25) is 0 Å². The van der Waals surface area contributed by atoms with Crippen LogP contribution in [0.4, 0.5) is 0 Å². The normalized spacial score (nSPS) is 34.0. The van der Waals surface area contributed by atoms with Crippen molar-refractivity contribution in [3.8, 4) is 0 Å². The Balaban J connectivity index is 2.09. The molecular formula is C27H52O. The van der Waals surface area contributed by atoms with Crippen LogP contribution >= 0.6 is 0 Å². The van der Waals surface area contributed by atoms with Crippen LogP contribution in [0.3, 0.4) is 0 Å². The molecule has 0 aromatic rings. The van der Waals surface area contributed by atoms with E-state index < -0.39 is 0 Å². The van der Waals surface area contributed by atoms with E-state index >= 15 is 0 Å². The molecule has 0 aliphatic heterocycles. The lowest BCUT2D eigenvalue weighted by Crippen LogP contribution is -2.39. The van der Waals surface area contributed by atoms with Gasteiger partial charge in [0.25, 0.3) is 0 Å². The topological polar surface area (TPSA) is 20.2 Å². The van der Waals surface area contributed by atoms with Crippen molar-refractivity contribution in [3.63, 3.8) is 0 Å². The molecule has 166 valence electrons. The Kier molecular flexibility index (Phi) is 10.4. The zero-order valence-corrected chi connectivity index (χ0v) is 20.1. The van der Waals surface area contributed by atoms with Gasteiger partial charge in [0.1, 0.15) is 0 Å². The van der Waals surface area contributed by atoms with Crippen LogP contribution in [-0.4, -0.2) is 11.2 Å². The zero-order chi connectivity index (χ0) is 20.7. The van der Waals surface area contributed by atoms with E-state index in [1.807, 2.05) is 6.92 Å². The molecule has 2 fully saturated rings. The fraction of sp³-hybridized carbons (Fsp3) is 1.00. The maximum Gasteiger partial charge on any atom is 0.0514 e. The average molecular weight is 393 g/mol. The van der Waals surface area contributed by atoms with Gasteiger partial charge >= 0.3 is 0 Å². The number of hydrogen-bond acceptors (Lipinski definition) is 1. The quantitative estimate of drug-likeness (QED) is 0.398. The number of aliphatic hydroxyl groups excluding tert-OH is 1. The molecule has 2 aliphatic carbocycles. The summed E-state index contributed by atoms with van der Waals surface area (Å²) in [5.41, 5.74) is 0. The van der Waals surface area contributed by atoms with Gasteiger partial charge in [-0.15, -0.1) is 0 Å². The molecule has 0 saturated heterocycles. The third-order valence-corrected chi connectivity index (χ3v) is 8.55. The minimum Gasteiger partial charge on any atom is -0.393 e. The molecule has 0 heterocycles. The van der Waals surface area contributed by atoms with Crippen molar-refractivity contribution in [1.29, 1.82) is 0 Å². The first kappa shape index (κ1) is 24.2. The third kappa shape index (κ3) is 7.33. The summed E-state index contributed by atoms with van der Waals surface area (Å²) in [6.07, 6.45) is 16.7. The lowest BCUT2D eigenvalue weighted by molar-refractivity contribution is 0.0198. The summed E-state index contributed by atoms with van der Waals surface area (Å²) in [6, 6.07) is 0. The van der Waals surface area contributed by atoms with Crippen molar-refractivity contribution in [3.05, 3.63) is 0 Å². The van der Waals surface area contributed by atoms with Gasteiger partial charge in [-0.2, -0.15) is 0 Å². The van der Waals surface area contributed by atoms with E-state index in [2.05, 4.69) is 34.6 Å². The third-order valence-electron chi connectivity index (χ3n) is 8.55. The highest BCUT2D eigenvalue weighted by Crippen LogP contribution is 2.50. The largest absolute Gasteiger partial charge is 0.393 e. The van der Waals surface area contributed by atoms with Crippen LogP contribution < -0.4 is 0 Å². The van der Waals surface area contributed by atoms with Crippen molar-refractivity contribution in [2.24, 2.45) is 47.3 Å². The van der Waals surface area contributed by atoms with Gasteiger partial charge in [0.15, 0.2) is 0 Å². The van der Waals surface area contributed by atoms with Gasteiger partial charge in [0.2, 0.25) is 0 Å². The first-order valence-corrected chi connectivity index (χ1v) is 13.0. The van der Waals surface area contributed by atoms with Crippen molar-refractivity contribution < 1.29 is 5.11 Å². The molecule has 0 aromatic heterocycles. The second-order valence-electron chi connectivity index (χ2n) is 11.5. The Hall–Kier alpha value is -0.0400. The van der Waals surface area contributed by atoms with E-state index in [1.165, 1.54) is 70.6 Å². The molecule has 1 N–H and O–H groups in total. The Morgan fingerprint density at radius 3 is 2.14 bits per heavy atom. The van der Waals surface area contributed by atoms with Gasteiger partial charge in [-0.25, -0.2) is 0 Å². The SMILES string of the molecule is CCC[C@@H](C)CC(C)C1CC(C2CCCCC2)C[C@@H](C)[C@H]1C[C@@H](C)CC(C)O. The predicted molar refractivity (Wildman–Crippen MR) is 123 cm³/mol. The van der Waals surface area contributed by atoms with Gasteiger partial charge < -0.3 is 5.11 Å². The van der Waals surface area contributed by atoms with E-state index in [0.29, 0.717) is 5.92 Å². The highest BCUT2D eigenvalue weighted by Gasteiger charge is 2.41. The molecule has 1 heteroatoms. The van der Waals surface area contributed by atoms with Gasteiger partial charge in [-0.1, -0.05) is 79.6 Å². The van der Waals surface area contributed by atoms with Gasteiger partial charge in [-0.3, -0.25) is 0 Å². The summed E-state index contributed by atoms with van der Waals surface area (Å²) < 4.78 is 0. The molecule has 2 rings (SSSR count). The first-order valence-electron chi connectivity index (χ1n) is 13.0. The van der Waals surface area contributed by atoms with Gasteiger partial charge in [0, 0.05) is 0 Å². The molecule has 8 atom stereocenters. The lowest BCUT2D eigenvalue weighted by atomic mass is 9.58. The van der Waals surface area contributed by atoms with Crippen molar-refractivity contribution in [2.45, 2.75) is 125 Å². The molecule has 0 amide bonds. The molecule has 0 spiro atoms. The second kappa shape index (κ2) is 12.0. The number of rotatable bonds is 10. The molecule has 2 aliphatic rings. The van der Waals surface area contributed by atoms with Crippen LogP contribution in [-0.2, 0) is 0 Å². The van der Waals surface area contributed by atoms with Gasteiger partial charge in [0.05, 0.1) is 6.10 Å². The van der Waals surface area contributed by atoms with Crippen molar-refractivity contribution in [2.75, 3.05) is 0 Å². The highest BCUT2D eigenvalue weighted by molar-refractivity contribution is 4.91. The molecule has 0 aromatic carbocycles. The van der Waals surface area contributed by atoms with Crippen LogP contribution in [0.15, 0.2) is 0 Å². The molecule has 4 unspecified atom stereocenters. The number of aliphatic hydroxyl groups is 1. The van der Waals surface area contributed by atoms with E-state index in [0.717, 1.165) is 47.8 Å². The highest BCUT2D eigenvalue weighted by atomic mass is 16.3. The minimum atomic E-state index is -0.149. The summed E-state index contributed by atoms with van der Waals surface area (Å²) in [5, 5.41) is 9.88. The molecule has 28 heavy (non-hydrogen) atoms. The number of hydrogen-bond donors (Lipinski definition) is 1. The fourth-order valence-corrected chi connectivity index (χ4v) is 7.31. The lowest BCUT2D eigenvalue weighted by Gasteiger charge is -2.47. The maximum absolute atomic E-state index is 9.88. The summed E-state index contributed by atoms with van der Waals surface area (Å²) in [4.78, 5) is 0. The van der Waals surface area contributed by atoms with Crippen molar-refractivity contribution in [1.82, 2.24) is 0 Å². The predicted octanol–water partition coefficient (Wildman–Crippen LogP) is 8.10.